The van der Waals surface area contributed by atoms with Gasteiger partial charge in [-0.05, 0) is 68.5 Å². The first-order valence-electron chi connectivity index (χ1n) is 8.03. The third-order valence-electron chi connectivity index (χ3n) is 5.30. The minimum absolute atomic E-state index is 0.817. The quantitative estimate of drug-likeness (QED) is 0.760. The molecule has 1 saturated heterocycles. The van der Waals surface area contributed by atoms with Crippen molar-refractivity contribution in [3.63, 3.8) is 0 Å². The number of rotatable bonds is 2. The number of likely N-dealkylation sites (tertiary alicyclic amines) is 1. The lowest BCUT2D eigenvalue weighted by molar-refractivity contribution is 0.177. The smallest absolute Gasteiger partial charge is 0.00958 e. The molecular formula is C18H27N. The fourth-order valence-electron chi connectivity index (χ4n) is 4.10. The molecule has 0 bridgehead atoms. The van der Waals surface area contributed by atoms with Crippen LogP contribution < -0.4 is 0 Å². The molecule has 2 fully saturated rings. The molecule has 104 valence electrons. The van der Waals surface area contributed by atoms with Crippen LogP contribution in [0.4, 0.5) is 0 Å². The maximum atomic E-state index is 2.76. The topological polar surface area (TPSA) is 3.24 Å². The van der Waals surface area contributed by atoms with Crippen molar-refractivity contribution in [1.29, 1.82) is 0 Å². The van der Waals surface area contributed by atoms with Crippen LogP contribution in [0.1, 0.15) is 56.1 Å². The summed E-state index contributed by atoms with van der Waals surface area (Å²) in [5.74, 6) is 1.74. The van der Waals surface area contributed by atoms with Crippen LogP contribution in [0.2, 0.25) is 0 Å². The van der Waals surface area contributed by atoms with E-state index in [4.69, 9.17) is 0 Å². The first-order chi connectivity index (χ1) is 9.24. The molecule has 0 aromatic heterocycles. The molecule has 1 heteroatoms. The fraction of sp³-hybridized carbons (Fsp3) is 0.667. The first-order valence-corrected chi connectivity index (χ1v) is 8.03. The molecule has 1 aliphatic carbocycles. The van der Waals surface area contributed by atoms with Crippen LogP contribution in [0.3, 0.4) is 0 Å². The van der Waals surface area contributed by atoms with E-state index < -0.39 is 0 Å². The molecule has 1 saturated carbocycles. The van der Waals surface area contributed by atoms with Crippen molar-refractivity contribution in [1.82, 2.24) is 4.90 Å². The van der Waals surface area contributed by atoms with Crippen molar-refractivity contribution in [2.24, 2.45) is 5.92 Å². The highest BCUT2D eigenvalue weighted by Gasteiger charge is 2.30. The Balaban J connectivity index is 1.59. The minimum atomic E-state index is 0.817. The van der Waals surface area contributed by atoms with Gasteiger partial charge in [-0.3, -0.25) is 0 Å². The first kappa shape index (κ1) is 13.2. The second-order valence-corrected chi connectivity index (χ2v) is 6.75. The maximum absolute atomic E-state index is 2.76. The van der Waals surface area contributed by atoms with Crippen LogP contribution in [0, 0.1) is 12.8 Å². The lowest BCUT2D eigenvalue weighted by atomic mass is 9.80. The predicted octanol–water partition coefficient (Wildman–Crippen LogP) is 4.36. The molecule has 0 unspecified atom stereocenters. The lowest BCUT2D eigenvalue weighted by Gasteiger charge is -2.35. The van der Waals surface area contributed by atoms with E-state index in [2.05, 4.69) is 43.0 Å². The number of hydrogen-bond donors (Lipinski definition) is 0. The number of hydrogen-bond acceptors (Lipinski definition) is 1. The Hall–Kier alpha value is -0.820. The van der Waals surface area contributed by atoms with Gasteiger partial charge in [-0.1, -0.05) is 31.2 Å². The van der Waals surface area contributed by atoms with Gasteiger partial charge in [0.1, 0.15) is 0 Å². The van der Waals surface area contributed by atoms with Crippen LogP contribution in [0.5, 0.6) is 0 Å². The van der Waals surface area contributed by atoms with E-state index in [0.717, 1.165) is 17.9 Å². The second-order valence-electron chi connectivity index (χ2n) is 6.75. The minimum Gasteiger partial charge on any atom is -0.300 e. The van der Waals surface area contributed by atoms with Crippen molar-refractivity contribution in [2.75, 3.05) is 13.1 Å². The Kier molecular flexibility index (Phi) is 3.93. The van der Waals surface area contributed by atoms with E-state index in [0.29, 0.717) is 0 Å². The number of aryl methyl sites for hydroxylation is 1. The highest BCUT2D eigenvalue weighted by Crippen LogP contribution is 2.37. The summed E-state index contributed by atoms with van der Waals surface area (Å²) in [5.41, 5.74) is 3.09. The fourth-order valence-corrected chi connectivity index (χ4v) is 4.10. The molecule has 0 spiro atoms. The molecule has 1 aromatic carbocycles. The molecule has 1 nitrogen and oxygen atoms in total. The van der Waals surface area contributed by atoms with Crippen molar-refractivity contribution in [3.05, 3.63) is 35.4 Å². The average Bonchev–Trinajstić information content (AvgIpc) is 2.86. The third-order valence-corrected chi connectivity index (χ3v) is 5.30. The third kappa shape index (κ3) is 2.86. The average molecular weight is 257 g/mol. The van der Waals surface area contributed by atoms with Crippen LogP contribution in [0.25, 0.3) is 0 Å². The summed E-state index contributed by atoms with van der Waals surface area (Å²) in [6, 6.07) is 9.86. The Labute approximate surface area is 118 Å². The standard InChI is InChI=1S/C18H27N/c1-14-11-12-19(13-14)17-9-7-16(8-10-17)18-6-4-3-5-15(18)2/h3-6,14,16-17H,7-13H2,1-2H3/t14-,16?,17?/m1/s1. The van der Waals surface area contributed by atoms with Gasteiger partial charge in [-0.15, -0.1) is 0 Å². The van der Waals surface area contributed by atoms with Crippen LogP contribution in [-0.2, 0) is 0 Å². The number of nitrogens with zero attached hydrogens (tertiary/aromatic N) is 1. The van der Waals surface area contributed by atoms with Gasteiger partial charge >= 0.3 is 0 Å². The van der Waals surface area contributed by atoms with E-state index in [-0.39, 0.29) is 0 Å². The van der Waals surface area contributed by atoms with Gasteiger partial charge in [0.15, 0.2) is 0 Å². The molecule has 0 radical (unpaired) electrons. The van der Waals surface area contributed by atoms with Crippen molar-refractivity contribution < 1.29 is 0 Å². The van der Waals surface area contributed by atoms with Crippen LogP contribution in [-0.4, -0.2) is 24.0 Å². The van der Waals surface area contributed by atoms with E-state index in [9.17, 15) is 0 Å². The summed E-state index contributed by atoms with van der Waals surface area (Å²) in [6.07, 6.45) is 7.01. The van der Waals surface area contributed by atoms with Crippen LogP contribution >= 0.6 is 0 Å². The molecular weight excluding hydrogens is 230 g/mol. The van der Waals surface area contributed by atoms with Gasteiger partial charge in [-0.25, -0.2) is 0 Å². The summed E-state index contributed by atoms with van der Waals surface area (Å²) in [5, 5.41) is 0. The molecule has 0 N–H and O–H groups in total. The highest BCUT2D eigenvalue weighted by molar-refractivity contribution is 5.29. The van der Waals surface area contributed by atoms with Gasteiger partial charge < -0.3 is 4.90 Å². The van der Waals surface area contributed by atoms with Gasteiger partial charge in [0.25, 0.3) is 0 Å². The predicted molar refractivity (Wildman–Crippen MR) is 81.5 cm³/mol. The van der Waals surface area contributed by atoms with Crippen LogP contribution in [0.15, 0.2) is 24.3 Å². The molecule has 1 aliphatic heterocycles. The molecule has 19 heavy (non-hydrogen) atoms. The van der Waals surface area contributed by atoms with E-state index in [1.807, 2.05) is 0 Å². The summed E-state index contributed by atoms with van der Waals surface area (Å²) < 4.78 is 0. The second kappa shape index (κ2) is 5.66. The normalized spacial score (nSPS) is 32.6. The zero-order chi connectivity index (χ0) is 13.2. The molecule has 1 atom stereocenters. The summed E-state index contributed by atoms with van der Waals surface area (Å²) >= 11 is 0. The maximum Gasteiger partial charge on any atom is 0.00958 e. The van der Waals surface area contributed by atoms with Gasteiger partial charge in [0, 0.05) is 12.6 Å². The van der Waals surface area contributed by atoms with Crippen molar-refractivity contribution >= 4 is 0 Å². The van der Waals surface area contributed by atoms with Gasteiger partial charge in [-0.2, -0.15) is 0 Å². The highest BCUT2D eigenvalue weighted by atomic mass is 15.2. The van der Waals surface area contributed by atoms with Crippen molar-refractivity contribution in [2.45, 2.75) is 57.9 Å². The van der Waals surface area contributed by atoms with E-state index in [1.165, 1.54) is 50.8 Å². The molecule has 1 aromatic rings. The zero-order valence-electron chi connectivity index (χ0n) is 12.4. The summed E-state index contributed by atoms with van der Waals surface area (Å²) in [7, 11) is 0. The summed E-state index contributed by atoms with van der Waals surface area (Å²) in [4.78, 5) is 2.76. The Morgan fingerprint density at radius 3 is 2.37 bits per heavy atom. The molecule has 1 heterocycles. The largest absolute Gasteiger partial charge is 0.300 e. The SMILES string of the molecule is Cc1ccccc1C1CCC(N2CC[C@@H](C)C2)CC1. The summed E-state index contributed by atoms with van der Waals surface area (Å²) in [6.45, 7) is 7.36. The zero-order valence-corrected chi connectivity index (χ0v) is 12.4. The van der Waals surface area contributed by atoms with E-state index in [1.54, 1.807) is 5.56 Å². The lowest BCUT2D eigenvalue weighted by Crippen LogP contribution is -2.36. The molecule has 2 aliphatic rings. The monoisotopic (exact) mass is 257 g/mol. The molecule has 3 rings (SSSR count). The Morgan fingerprint density at radius 2 is 1.74 bits per heavy atom. The Morgan fingerprint density at radius 1 is 1.00 bits per heavy atom. The Bertz CT molecular complexity index is 417. The van der Waals surface area contributed by atoms with Crippen molar-refractivity contribution in [3.8, 4) is 0 Å². The van der Waals surface area contributed by atoms with Gasteiger partial charge in [0.2, 0.25) is 0 Å². The number of benzene rings is 1. The van der Waals surface area contributed by atoms with E-state index >= 15 is 0 Å². The van der Waals surface area contributed by atoms with Gasteiger partial charge in [0.05, 0.1) is 0 Å². The molecule has 0 amide bonds.